The topological polar surface area (TPSA) is 84.9 Å². The number of halogens is 2. The Morgan fingerprint density at radius 2 is 1.73 bits per heavy atom. The minimum atomic E-state index is -0.548. The third-order valence-electron chi connectivity index (χ3n) is 6.04. The molecule has 3 amide bonds. The predicted molar refractivity (Wildman–Crippen MR) is 158 cm³/mol. The summed E-state index contributed by atoms with van der Waals surface area (Å²) in [5, 5.41) is 2.31. The smallest absolute Gasteiger partial charge is 0.294 e. The van der Waals surface area contributed by atoms with E-state index in [9.17, 15) is 18.8 Å². The maximum Gasteiger partial charge on any atom is 0.294 e. The van der Waals surface area contributed by atoms with Gasteiger partial charge in [-0.3, -0.25) is 19.3 Å². The van der Waals surface area contributed by atoms with Crippen molar-refractivity contribution < 1.29 is 28.2 Å². The number of thioether (sulfide) groups is 1. The Morgan fingerprint density at radius 3 is 2.38 bits per heavy atom. The van der Waals surface area contributed by atoms with Crippen LogP contribution in [-0.2, 0) is 16.2 Å². The second-order valence-electron chi connectivity index (χ2n) is 9.27. The van der Waals surface area contributed by atoms with Crippen molar-refractivity contribution in [3.05, 3.63) is 91.5 Å². The van der Waals surface area contributed by atoms with Crippen LogP contribution in [0.2, 0.25) is 0 Å². The molecule has 0 aliphatic carbocycles. The number of nitrogens with one attached hydrogen (secondary N) is 1. The van der Waals surface area contributed by atoms with E-state index in [1.165, 1.54) is 12.1 Å². The van der Waals surface area contributed by atoms with E-state index in [4.69, 9.17) is 9.47 Å². The van der Waals surface area contributed by atoms with Crippen molar-refractivity contribution in [2.24, 2.45) is 0 Å². The monoisotopic (exact) mass is 626 g/mol. The summed E-state index contributed by atoms with van der Waals surface area (Å²) in [6.45, 7) is 7.77. The Balaban J connectivity index is 1.49. The Bertz CT molecular complexity index is 1480. The van der Waals surface area contributed by atoms with Gasteiger partial charge in [0.2, 0.25) is 5.91 Å². The molecule has 1 fully saturated rings. The highest BCUT2D eigenvalue weighted by atomic mass is 79.9. The number of anilines is 1. The Hall–Kier alpha value is -3.63. The van der Waals surface area contributed by atoms with Gasteiger partial charge in [-0.1, -0.05) is 29.8 Å². The van der Waals surface area contributed by atoms with Crippen molar-refractivity contribution in [3.63, 3.8) is 0 Å². The fraction of sp³-hybridized carbons (Fsp3) is 0.233. The van der Waals surface area contributed by atoms with Crippen LogP contribution in [0.5, 0.6) is 11.5 Å². The van der Waals surface area contributed by atoms with Crippen LogP contribution in [0.15, 0.2) is 57.9 Å². The Kier molecular flexibility index (Phi) is 9.32. The highest BCUT2D eigenvalue weighted by Gasteiger charge is 2.36. The molecule has 1 N–H and O–H groups in total. The molecule has 0 aromatic heterocycles. The SMILES string of the molecule is CCOc1cc(/C=C2\SC(=O)N(CC(=O)Nc3c(C)cc(C)cc3C)C2=O)cc(Br)c1OCc1ccc(F)cc1. The van der Waals surface area contributed by atoms with Crippen molar-refractivity contribution in [2.45, 2.75) is 34.3 Å². The van der Waals surface area contributed by atoms with E-state index in [0.717, 1.165) is 38.9 Å². The number of hydrogen-bond donors (Lipinski definition) is 1. The van der Waals surface area contributed by atoms with E-state index in [-0.39, 0.29) is 17.3 Å². The molecular formula is C30H28BrFN2O5S. The van der Waals surface area contributed by atoms with E-state index in [2.05, 4.69) is 21.2 Å². The van der Waals surface area contributed by atoms with Gasteiger partial charge in [-0.2, -0.15) is 0 Å². The van der Waals surface area contributed by atoms with Crippen LogP contribution < -0.4 is 14.8 Å². The first-order chi connectivity index (χ1) is 19.0. The molecular weight excluding hydrogens is 599 g/mol. The molecule has 7 nitrogen and oxygen atoms in total. The molecule has 0 saturated carbocycles. The van der Waals surface area contributed by atoms with Crippen molar-refractivity contribution >= 4 is 56.5 Å². The molecule has 208 valence electrons. The molecule has 0 unspecified atom stereocenters. The lowest BCUT2D eigenvalue weighted by atomic mass is 10.1. The fourth-order valence-corrected chi connectivity index (χ4v) is 5.71. The first kappa shape index (κ1) is 29.4. The lowest BCUT2D eigenvalue weighted by Gasteiger charge is -2.16. The first-order valence-electron chi connectivity index (χ1n) is 12.5. The lowest BCUT2D eigenvalue weighted by Crippen LogP contribution is -2.36. The van der Waals surface area contributed by atoms with Crippen molar-refractivity contribution in [1.29, 1.82) is 0 Å². The van der Waals surface area contributed by atoms with Crippen LogP contribution in [0.1, 0.15) is 34.7 Å². The standard InChI is InChI=1S/C30H28BrFN2O5S/c1-5-38-24-13-21(12-23(31)28(24)39-16-20-6-8-22(32)9-7-20)14-25-29(36)34(30(37)40-25)15-26(35)33-27-18(3)10-17(2)11-19(27)4/h6-14H,5,15-16H2,1-4H3,(H,33,35)/b25-14-. The molecule has 1 aliphatic heterocycles. The molecule has 1 heterocycles. The summed E-state index contributed by atoms with van der Waals surface area (Å²) >= 11 is 4.28. The van der Waals surface area contributed by atoms with Gasteiger partial charge in [-0.15, -0.1) is 0 Å². The van der Waals surface area contributed by atoms with Gasteiger partial charge >= 0.3 is 0 Å². The molecule has 0 radical (unpaired) electrons. The minimum Gasteiger partial charge on any atom is -0.490 e. The van der Waals surface area contributed by atoms with Gasteiger partial charge in [0.05, 0.1) is 16.0 Å². The van der Waals surface area contributed by atoms with Gasteiger partial charge in [0.25, 0.3) is 11.1 Å². The number of rotatable bonds is 9. The minimum absolute atomic E-state index is 0.190. The van der Waals surface area contributed by atoms with Gasteiger partial charge in [-0.25, -0.2) is 4.39 Å². The molecule has 0 bridgehead atoms. The number of carbonyl (C=O) groups is 3. The predicted octanol–water partition coefficient (Wildman–Crippen LogP) is 7.17. The Morgan fingerprint density at radius 1 is 1.05 bits per heavy atom. The number of nitrogens with zero attached hydrogens (tertiary/aromatic N) is 1. The molecule has 0 atom stereocenters. The quantitative estimate of drug-likeness (QED) is 0.254. The Labute approximate surface area is 244 Å². The van der Waals surface area contributed by atoms with Crippen molar-refractivity contribution in [1.82, 2.24) is 4.90 Å². The molecule has 40 heavy (non-hydrogen) atoms. The first-order valence-corrected chi connectivity index (χ1v) is 14.1. The zero-order chi connectivity index (χ0) is 29.0. The van der Waals surface area contributed by atoms with Gasteiger partial charge < -0.3 is 14.8 Å². The van der Waals surface area contributed by atoms with Crippen LogP contribution in [0.25, 0.3) is 6.08 Å². The number of benzene rings is 3. The number of hydrogen-bond acceptors (Lipinski definition) is 6. The number of amides is 3. The van der Waals surface area contributed by atoms with Gasteiger partial charge in [0.15, 0.2) is 11.5 Å². The van der Waals surface area contributed by atoms with Crippen LogP contribution in [-0.4, -0.2) is 35.1 Å². The second-order valence-corrected chi connectivity index (χ2v) is 11.1. The summed E-state index contributed by atoms with van der Waals surface area (Å²) < 4.78 is 25.5. The molecule has 4 rings (SSSR count). The average Bonchev–Trinajstić information content (AvgIpc) is 3.14. The molecule has 1 aliphatic rings. The zero-order valence-electron chi connectivity index (χ0n) is 22.5. The highest BCUT2D eigenvalue weighted by Crippen LogP contribution is 2.40. The average molecular weight is 628 g/mol. The summed E-state index contributed by atoms with van der Waals surface area (Å²) in [7, 11) is 0. The summed E-state index contributed by atoms with van der Waals surface area (Å²) in [6.07, 6.45) is 1.58. The number of carbonyl (C=O) groups excluding carboxylic acids is 3. The van der Waals surface area contributed by atoms with Crippen LogP contribution in [0.4, 0.5) is 14.9 Å². The highest BCUT2D eigenvalue weighted by molar-refractivity contribution is 9.10. The molecule has 1 saturated heterocycles. The number of ether oxygens (including phenoxy) is 2. The fourth-order valence-electron chi connectivity index (χ4n) is 4.30. The zero-order valence-corrected chi connectivity index (χ0v) is 24.9. The third-order valence-corrected chi connectivity index (χ3v) is 7.54. The van der Waals surface area contributed by atoms with E-state index in [1.807, 2.05) is 39.8 Å². The molecule has 0 spiro atoms. The lowest BCUT2D eigenvalue weighted by molar-refractivity contribution is -0.127. The maximum absolute atomic E-state index is 13.2. The number of aryl methyl sites for hydroxylation is 3. The summed E-state index contributed by atoms with van der Waals surface area (Å²) in [5.74, 6) is -0.441. The maximum atomic E-state index is 13.2. The molecule has 10 heteroatoms. The summed E-state index contributed by atoms with van der Waals surface area (Å²) in [6, 6.07) is 13.4. The van der Waals surface area contributed by atoms with Gasteiger partial charge in [0, 0.05) is 5.69 Å². The van der Waals surface area contributed by atoms with E-state index >= 15 is 0 Å². The normalized spacial score (nSPS) is 14.2. The van der Waals surface area contributed by atoms with Crippen LogP contribution in [0, 0.1) is 26.6 Å². The summed E-state index contributed by atoms with van der Waals surface area (Å²) in [5.41, 5.74) is 4.95. The van der Waals surface area contributed by atoms with E-state index < -0.39 is 23.6 Å². The molecule has 3 aromatic carbocycles. The third kappa shape index (κ3) is 6.92. The van der Waals surface area contributed by atoms with Gasteiger partial charge in [0.1, 0.15) is 19.0 Å². The van der Waals surface area contributed by atoms with E-state index in [1.54, 1.807) is 30.3 Å². The van der Waals surface area contributed by atoms with Crippen molar-refractivity contribution in [2.75, 3.05) is 18.5 Å². The van der Waals surface area contributed by atoms with Crippen molar-refractivity contribution in [3.8, 4) is 11.5 Å². The molecule has 3 aromatic rings. The largest absolute Gasteiger partial charge is 0.490 e. The number of imide groups is 1. The van der Waals surface area contributed by atoms with Gasteiger partial charge in [-0.05, 0) is 108 Å². The van der Waals surface area contributed by atoms with E-state index in [0.29, 0.717) is 33.8 Å². The van der Waals surface area contributed by atoms with Crippen LogP contribution >= 0.6 is 27.7 Å². The summed E-state index contributed by atoms with van der Waals surface area (Å²) in [4.78, 5) is 39.6. The van der Waals surface area contributed by atoms with Crippen LogP contribution in [0.3, 0.4) is 0 Å². The second kappa shape index (κ2) is 12.7.